The summed E-state index contributed by atoms with van der Waals surface area (Å²) < 4.78 is 0.926. The molecule has 0 spiro atoms. The molecule has 1 N–H and O–H groups in total. The van der Waals surface area contributed by atoms with E-state index in [0.29, 0.717) is 10.6 Å². The number of carboxylic acids is 1. The lowest BCUT2D eigenvalue weighted by atomic mass is 10.2. The topological polar surface area (TPSA) is 50.2 Å². The average molecular weight is 324 g/mol. The van der Waals surface area contributed by atoms with Crippen LogP contribution in [-0.2, 0) is 0 Å². The number of carbonyl (C=O) groups is 1. The number of aromatic nitrogens is 1. The first-order chi connectivity index (χ1) is 8.59. The van der Waals surface area contributed by atoms with Gasteiger partial charge in [-0.2, -0.15) is 0 Å². The minimum atomic E-state index is -0.949. The number of halogens is 1. The van der Waals surface area contributed by atoms with Gasteiger partial charge >= 0.3 is 5.97 Å². The van der Waals surface area contributed by atoms with Gasteiger partial charge in [0.2, 0.25) is 0 Å². The molecule has 0 saturated carbocycles. The zero-order valence-corrected chi connectivity index (χ0v) is 12.0. The van der Waals surface area contributed by atoms with Crippen LogP contribution in [0.25, 0.3) is 0 Å². The van der Waals surface area contributed by atoms with E-state index in [1.165, 1.54) is 11.8 Å². The molecular weight excluding hydrogens is 314 g/mol. The van der Waals surface area contributed by atoms with Crippen LogP contribution < -0.4 is 0 Å². The molecule has 0 aliphatic carbocycles. The SMILES string of the molecule is Cc1ccnc(Sc2ccccc2Br)c1C(=O)O. The third kappa shape index (κ3) is 2.73. The lowest BCUT2D eigenvalue weighted by Crippen LogP contribution is -2.03. The third-order valence-electron chi connectivity index (χ3n) is 2.38. The highest BCUT2D eigenvalue weighted by Gasteiger charge is 2.16. The van der Waals surface area contributed by atoms with Gasteiger partial charge in [0.1, 0.15) is 5.03 Å². The van der Waals surface area contributed by atoms with Crippen molar-refractivity contribution in [3.63, 3.8) is 0 Å². The van der Waals surface area contributed by atoms with Crippen LogP contribution in [0, 0.1) is 6.92 Å². The van der Waals surface area contributed by atoms with Gasteiger partial charge in [0.25, 0.3) is 0 Å². The van der Waals surface area contributed by atoms with Crippen LogP contribution in [0.2, 0.25) is 0 Å². The molecule has 0 aliphatic rings. The Bertz CT molecular complexity index is 601. The second-order valence-corrected chi connectivity index (χ2v) is 5.53. The molecule has 0 bridgehead atoms. The van der Waals surface area contributed by atoms with Gasteiger partial charge in [-0.05, 0) is 46.6 Å². The maximum Gasteiger partial charge on any atom is 0.338 e. The Morgan fingerprint density at radius 1 is 1.33 bits per heavy atom. The Balaban J connectivity index is 2.44. The van der Waals surface area contributed by atoms with Crippen LogP contribution in [0.15, 0.2) is 50.9 Å². The van der Waals surface area contributed by atoms with Crippen LogP contribution in [0.1, 0.15) is 15.9 Å². The second kappa shape index (κ2) is 5.54. The molecule has 0 radical (unpaired) electrons. The van der Waals surface area contributed by atoms with Crippen LogP contribution in [0.4, 0.5) is 0 Å². The molecule has 0 fully saturated rings. The molecule has 0 unspecified atom stereocenters. The quantitative estimate of drug-likeness (QED) is 0.927. The van der Waals surface area contributed by atoms with E-state index < -0.39 is 5.97 Å². The molecular formula is C13H10BrNO2S. The van der Waals surface area contributed by atoms with Crippen molar-refractivity contribution in [3.8, 4) is 0 Å². The predicted molar refractivity (Wildman–Crippen MR) is 74.2 cm³/mol. The molecule has 0 atom stereocenters. The van der Waals surface area contributed by atoms with Crippen molar-refractivity contribution in [2.45, 2.75) is 16.8 Å². The molecule has 5 heteroatoms. The highest BCUT2D eigenvalue weighted by atomic mass is 79.9. The Morgan fingerprint density at radius 2 is 2.06 bits per heavy atom. The average Bonchev–Trinajstić information content (AvgIpc) is 2.31. The molecule has 0 amide bonds. The maximum atomic E-state index is 11.3. The molecule has 3 nitrogen and oxygen atoms in total. The molecule has 2 aromatic rings. The Hall–Kier alpha value is -1.33. The van der Waals surface area contributed by atoms with Crippen molar-refractivity contribution in [3.05, 3.63) is 52.1 Å². The summed E-state index contributed by atoms with van der Waals surface area (Å²) in [6, 6.07) is 9.36. The number of benzene rings is 1. The summed E-state index contributed by atoms with van der Waals surface area (Å²) in [6.45, 7) is 1.77. The standard InChI is InChI=1S/C13H10BrNO2S/c1-8-6-7-15-12(11(8)13(16)17)18-10-5-3-2-4-9(10)14/h2-7H,1H3,(H,16,17). The van der Waals surface area contributed by atoms with Crippen molar-refractivity contribution in [2.24, 2.45) is 0 Å². The fourth-order valence-electron chi connectivity index (χ4n) is 1.50. The maximum absolute atomic E-state index is 11.3. The van der Waals surface area contributed by atoms with Crippen molar-refractivity contribution < 1.29 is 9.90 Å². The summed E-state index contributed by atoms with van der Waals surface area (Å²) in [4.78, 5) is 16.4. The molecule has 18 heavy (non-hydrogen) atoms. The van der Waals surface area contributed by atoms with Crippen LogP contribution in [0.3, 0.4) is 0 Å². The van der Waals surface area contributed by atoms with Gasteiger partial charge in [0.05, 0.1) is 5.56 Å². The summed E-state index contributed by atoms with van der Waals surface area (Å²) in [6.07, 6.45) is 1.63. The smallest absolute Gasteiger partial charge is 0.338 e. The van der Waals surface area contributed by atoms with Crippen molar-refractivity contribution >= 4 is 33.7 Å². The zero-order valence-electron chi connectivity index (χ0n) is 9.55. The highest BCUT2D eigenvalue weighted by molar-refractivity contribution is 9.10. The number of pyridine rings is 1. The van der Waals surface area contributed by atoms with Crippen LogP contribution in [0.5, 0.6) is 0 Å². The lowest BCUT2D eigenvalue weighted by molar-refractivity contribution is 0.0691. The minimum absolute atomic E-state index is 0.262. The van der Waals surface area contributed by atoms with Gasteiger partial charge in [0.15, 0.2) is 0 Å². The van der Waals surface area contributed by atoms with E-state index in [1.807, 2.05) is 24.3 Å². The normalized spacial score (nSPS) is 10.3. The molecule has 0 saturated heterocycles. The first kappa shape index (κ1) is 13.1. The van der Waals surface area contributed by atoms with E-state index in [1.54, 1.807) is 19.2 Å². The number of hydrogen-bond acceptors (Lipinski definition) is 3. The van der Waals surface area contributed by atoms with Crippen molar-refractivity contribution in [1.82, 2.24) is 4.98 Å². The van der Waals surface area contributed by atoms with E-state index >= 15 is 0 Å². The summed E-state index contributed by atoms with van der Waals surface area (Å²) >= 11 is 4.78. The number of aryl methyl sites for hydroxylation is 1. The van der Waals surface area contributed by atoms with E-state index in [0.717, 1.165) is 9.37 Å². The molecule has 1 aromatic heterocycles. The number of carboxylic acid groups (broad SMARTS) is 1. The van der Waals surface area contributed by atoms with Gasteiger partial charge in [-0.1, -0.05) is 23.9 Å². The first-order valence-corrected chi connectivity index (χ1v) is 6.82. The van der Waals surface area contributed by atoms with Gasteiger partial charge in [-0.15, -0.1) is 0 Å². The summed E-state index contributed by atoms with van der Waals surface area (Å²) in [5, 5.41) is 9.74. The van der Waals surface area contributed by atoms with E-state index in [9.17, 15) is 9.90 Å². The molecule has 0 aliphatic heterocycles. The summed E-state index contributed by atoms with van der Waals surface area (Å²) in [7, 11) is 0. The van der Waals surface area contributed by atoms with Gasteiger partial charge in [-0.25, -0.2) is 9.78 Å². The van der Waals surface area contributed by atoms with Gasteiger partial charge in [0, 0.05) is 15.6 Å². The Kier molecular flexibility index (Phi) is 4.04. The summed E-state index contributed by atoms with van der Waals surface area (Å²) in [5.41, 5.74) is 0.977. The molecule has 2 rings (SSSR count). The number of hydrogen-bond donors (Lipinski definition) is 1. The van der Waals surface area contributed by atoms with Crippen LogP contribution >= 0.6 is 27.7 Å². The molecule has 1 heterocycles. The Morgan fingerprint density at radius 3 is 2.72 bits per heavy atom. The fourth-order valence-corrected chi connectivity index (χ4v) is 3.01. The second-order valence-electron chi connectivity index (χ2n) is 3.65. The predicted octanol–water partition coefficient (Wildman–Crippen LogP) is 4.00. The number of aromatic carboxylic acids is 1. The first-order valence-electron chi connectivity index (χ1n) is 5.21. The van der Waals surface area contributed by atoms with Crippen molar-refractivity contribution in [2.75, 3.05) is 0 Å². The van der Waals surface area contributed by atoms with Crippen molar-refractivity contribution in [1.29, 1.82) is 0 Å². The van der Waals surface area contributed by atoms with Gasteiger partial charge < -0.3 is 5.11 Å². The lowest BCUT2D eigenvalue weighted by Gasteiger charge is -2.08. The minimum Gasteiger partial charge on any atom is -0.478 e. The molecule has 92 valence electrons. The highest BCUT2D eigenvalue weighted by Crippen LogP contribution is 2.34. The fraction of sp³-hybridized carbons (Fsp3) is 0.0769. The van der Waals surface area contributed by atoms with Gasteiger partial charge in [-0.3, -0.25) is 0 Å². The largest absolute Gasteiger partial charge is 0.478 e. The van der Waals surface area contributed by atoms with E-state index in [4.69, 9.17) is 0 Å². The number of rotatable bonds is 3. The molecule has 1 aromatic carbocycles. The zero-order chi connectivity index (χ0) is 13.1. The third-order valence-corrected chi connectivity index (χ3v) is 4.41. The van der Waals surface area contributed by atoms with E-state index in [-0.39, 0.29) is 5.56 Å². The monoisotopic (exact) mass is 323 g/mol. The van der Waals surface area contributed by atoms with E-state index in [2.05, 4.69) is 20.9 Å². The van der Waals surface area contributed by atoms with Crippen LogP contribution in [-0.4, -0.2) is 16.1 Å². The summed E-state index contributed by atoms with van der Waals surface area (Å²) in [5.74, 6) is -0.949. The Labute approximate surface area is 117 Å². The number of nitrogens with zero attached hydrogens (tertiary/aromatic N) is 1.